The van der Waals surface area contributed by atoms with Gasteiger partial charge >= 0.3 is 5.97 Å². The Balaban J connectivity index is 2.21. The van der Waals surface area contributed by atoms with Gasteiger partial charge in [-0.05, 0) is 56.7 Å². The Bertz CT molecular complexity index is 1000. The monoisotopic (exact) mass is 449 g/mol. The summed E-state index contributed by atoms with van der Waals surface area (Å²) in [6.07, 6.45) is 1.42. The molecule has 1 saturated heterocycles. The third-order valence-electron chi connectivity index (χ3n) is 5.90. The van der Waals surface area contributed by atoms with Crippen LogP contribution < -0.4 is 10.6 Å². The van der Waals surface area contributed by atoms with Gasteiger partial charge < -0.3 is 15.4 Å². The molecule has 0 radical (unpaired) electrons. The summed E-state index contributed by atoms with van der Waals surface area (Å²) < 4.78 is 47.2. The number of nitrogens with zero attached hydrogens (tertiary/aromatic N) is 2. The number of rotatable bonds is 5. The molecule has 0 bridgehead atoms. The fourth-order valence-electron chi connectivity index (χ4n) is 4.08. The molecule has 174 valence electrons. The quantitative estimate of drug-likeness (QED) is 0.503. The molecule has 1 aromatic heterocycles. The first-order chi connectivity index (χ1) is 14.9. The number of nitrogen functional groups attached to an aromatic ring is 1. The maximum Gasteiger partial charge on any atom is 0.310 e. The van der Waals surface area contributed by atoms with E-state index in [1.165, 1.54) is 0 Å². The Morgan fingerprint density at radius 3 is 2.28 bits per heavy atom. The van der Waals surface area contributed by atoms with Crippen LogP contribution in [0.5, 0.6) is 0 Å². The minimum Gasteiger partial charge on any atom is -0.463 e. The summed E-state index contributed by atoms with van der Waals surface area (Å²) in [5.74, 6) is -4.54. The molecule has 32 heavy (non-hydrogen) atoms. The molecule has 1 fully saturated rings. The smallest absolute Gasteiger partial charge is 0.310 e. The van der Waals surface area contributed by atoms with E-state index in [0.717, 1.165) is 25.0 Å². The van der Waals surface area contributed by atoms with Crippen LogP contribution in [0.3, 0.4) is 0 Å². The van der Waals surface area contributed by atoms with E-state index in [-0.39, 0.29) is 29.3 Å². The summed E-state index contributed by atoms with van der Waals surface area (Å²) in [6, 6.07) is 1.82. The molecular weight excluding hydrogens is 419 g/mol. The number of aromatic nitrogens is 1. The highest BCUT2D eigenvalue weighted by Gasteiger charge is 2.31. The molecule has 0 unspecified atom stereocenters. The molecule has 2 N–H and O–H groups in total. The van der Waals surface area contributed by atoms with Gasteiger partial charge in [-0.3, -0.25) is 4.79 Å². The lowest BCUT2D eigenvalue weighted by atomic mass is 9.82. The van der Waals surface area contributed by atoms with Crippen molar-refractivity contribution in [3.63, 3.8) is 0 Å². The number of piperidine rings is 1. The molecule has 5 nitrogen and oxygen atoms in total. The summed E-state index contributed by atoms with van der Waals surface area (Å²) >= 11 is 0. The number of nitrogens with two attached hydrogens (primary N) is 1. The highest BCUT2D eigenvalue weighted by molar-refractivity contribution is 5.91. The van der Waals surface area contributed by atoms with Crippen LogP contribution in [-0.4, -0.2) is 30.1 Å². The summed E-state index contributed by atoms with van der Waals surface area (Å²) in [5, 5.41) is 0. The van der Waals surface area contributed by atoms with E-state index in [1.807, 2.05) is 0 Å². The van der Waals surface area contributed by atoms with Crippen molar-refractivity contribution in [2.24, 2.45) is 5.41 Å². The van der Waals surface area contributed by atoms with Gasteiger partial charge in [0, 0.05) is 29.9 Å². The van der Waals surface area contributed by atoms with Crippen molar-refractivity contribution in [3.05, 3.63) is 40.8 Å². The second-order valence-corrected chi connectivity index (χ2v) is 9.41. The Morgan fingerprint density at radius 1 is 1.19 bits per heavy atom. The zero-order valence-corrected chi connectivity index (χ0v) is 19.2. The third-order valence-corrected chi connectivity index (χ3v) is 5.90. The number of carbonyl (C=O) groups is 1. The largest absolute Gasteiger partial charge is 0.463 e. The average molecular weight is 450 g/mol. The molecule has 1 aromatic carbocycles. The van der Waals surface area contributed by atoms with E-state index in [2.05, 4.69) is 23.7 Å². The second kappa shape index (κ2) is 9.00. The van der Waals surface area contributed by atoms with Crippen LogP contribution in [0.25, 0.3) is 11.1 Å². The first-order valence-electron chi connectivity index (χ1n) is 10.8. The SMILES string of the molecule is Cc1nc(N)c(-c2cc(F)c(F)c(F)c2)c(N2CCC(C)(C)CC2)c1CC(=O)OC(C)C. The first kappa shape index (κ1) is 23.9. The lowest BCUT2D eigenvalue weighted by molar-refractivity contribution is -0.146. The third kappa shape index (κ3) is 5.00. The van der Waals surface area contributed by atoms with Gasteiger partial charge in [-0.15, -0.1) is 0 Å². The van der Waals surface area contributed by atoms with Crippen LogP contribution in [0.2, 0.25) is 0 Å². The fourth-order valence-corrected chi connectivity index (χ4v) is 4.08. The topological polar surface area (TPSA) is 68.5 Å². The number of hydrogen-bond acceptors (Lipinski definition) is 5. The molecule has 3 rings (SSSR count). The van der Waals surface area contributed by atoms with Crippen LogP contribution in [0, 0.1) is 29.8 Å². The number of hydrogen-bond donors (Lipinski definition) is 1. The van der Waals surface area contributed by atoms with Crippen molar-refractivity contribution in [1.29, 1.82) is 0 Å². The van der Waals surface area contributed by atoms with Crippen LogP contribution in [0.15, 0.2) is 12.1 Å². The number of ether oxygens (including phenoxy) is 1. The van der Waals surface area contributed by atoms with Crippen molar-refractivity contribution in [2.45, 2.75) is 60.0 Å². The maximum absolute atomic E-state index is 14.1. The Kier molecular flexibility index (Phi) is 6.72. The summed E-state index contributed by atoms with van der Waals surface area (Å²) in [6.45, 7) is 11.0. The fraction of sp³-hybridized carbons (Fsp3) is 0.500. The van der Waals surface area contributed by atoms with E-state index < -0.39 is 23.4 Å². The van der Waals surface area contributed by atoms with Crippen LogP contribution in [-0.2, 0) is 16.0 Å². The average Bonchev–Trinajstić information content (AvgIpc) is 2.67. The van der Waals surface area contributed by atoms with Gasteiger partial charge in [-0.2, -0.15) is 0 Å². The molecule has 0 atom stereocenters. The second-order valence-electron chi connectivity index (χ2n) is 9.41. The van der Waals surface area contributed by atoms with Gasteiger partial charge in [-0.1, -0.05) is 13.8 Å². The van der Waals surface area contributed by atoms with E-state index in [4.69, 9.17) is 10.5 Å². The molecule has 0 aliphatic carbocycles. The molecular formula is C24H30F3N3O2. The van der Waals surface area contributed by atoms with E-state index in [1.54, 1.807) is 20.8 Å². The first-order valence-corrected chi connectivity index (χ1v) is 10.8. The number of aryl methyl sites for hydroxylation is 1. The minimum atomic E-state index is -1.55. The summed E-state index contributed by atoms with van der Waals surface area (Å²) in [7, 11) is 0. The molecule has 1 aliphatic rings. The van der Waals surface area contributed by atoms with Crippen LogP contribution in [0.1, 0.15) is 51.8 Å². The summed E-state index contributed by atoms with van der Waals surface area (Å²) in [4.78, 5) is 19.0. The van der Waals surface area contributed by atoms with E-state index in [0.29, 0.717) is 35.6 Å². The van der Waals surface area contributed by atoms with Crippen molar-refractivity contribution < 1.29 is 22.7 Å². The van der Waals surface area contributed by atoms with Crippen molar-refractivity contribution >= 4 is 17.5 Å². The molecule has 8 heteroatoms. The lowest BCUT2D eigenvalue weighted by Crippen LogP contribution is -2.38. The zero-order valence-electron chi connectivity index (χ0n) is 19.2. The molecule has 0 saturated carbocycles. The van der Waals surface area contributed by atoms with Crippen molar-refractivity contribution in [2.75, 3.05) is 23.7 Å². The van der Waals surface area contributed by atoms with Gasteiger partial charge in [0.15, 0.2) is 17.5 Å². The molecule has 1 aliphatic heterocycles. The van der Waals surface area contributed by atoms with Crippen LogP contribution >= 0.6 is 0 Å². The molecule has 0 spiro atoms. The van der Waals surface area contributed by atoms with Gasteiger partial charge in [0.25, 0.3) is 0 Å². The highest BCUT2D eigenvalue weighted by Crippen LogP contribution is 2.43. The number of anilines is 2. The summed E-state index contributed by atoms with van der Waals surface area (Å²) in [5.41, 5.74) is 8.47. The number of esters is 1. The van der Waals surface area contributed by atoms with Crippen molar-refractivity contribution in [1.82, 2.24) is 4.98 Å². The Hall–Kier alpha value is -2.77. The minimum absolute atomic E-state index is 0.0636. The number of pyridine rings is 1. The van der Waals surface area contributed by atoms with Gasteiger partial charge in [0.05, 0.1) is 18.2 Å². The Labute approximate surface area is 186 Å². The Morgan fingerprint density at radius 2 is 1.75 bits per heavy atom. The normalized spacial score (nSPS) is 15.8. The van der Waals surface area contributed by atoms with E-state index >= 15 is 0 Å². The number of benzene rings is 1. The molecule has 0 amide bonds. The number of carbonyl (C=O) groups excluding carboxylic acids is 1. The maximum atomic E-state index is 14.1. The predicted octanol–water partition coefficient (Wildman–Crippen LogP) is 5.18. The van der Waals surface area contributed by atoms with Gasteiger partial charge in [0.2, 0.25) is 0 Å². The van der Waals surface area contributed by atoms with E-state index in [9.17, 15) is 18.0 Å². The molecule has 2 aromatic rings. The van der Waals surface area contributed by atoms with Gasteiger partial charge in [0.1, 0.15) is 5.82 Å². The van der Waals surface area contributed by atoms with Crippen LogP contribution in [0.4, 0.5) is 24.7 Å². The van der Waals surface area contributed by atoms with Crippen molar-refractivity contribution in [3.8, 4) is 11.1 Å². The standard InChI is InChI=1S/C24H30F3N3O2/c1-13(2)32-19(31)12-16-14(3)29-23(28)20(15-10-17(25)21(27)18(26)11-15)22(16)30-8-6-24(4,5)7-9-30/h10-11,13H,6-9,12H2,1-5H3,(H2,28,29). The predicted molar refractivity (Wildman–Crippen MR) is 119 cm³/mol. The molecule has 2 heterocycles. The lowest BCUT2D eigenvalue weighted by Gasteiger charge is -2.40. The number of halogens is 3. The highest BCUT2D eigenvalue weighted by atomic mass is 19.2. The van der Waals surface area contributed by atoms with Gasteiger partial charge in [-0.25, -0.2) is 18.2 Å². The zero-order chi connectivity index (χ0) is 23.8.